The van der Waals surface area contributed by atoms with Crippen molar-refractivity contribution in [1.29, 1.82) is 0 Å². The number of hydrogen-bond acceptors (Lipinski definition) is 7. The van der Waals surface area contributed by atoms with Crippen LogP contribution in [0.3, 0.4) is 0 Å². The summed E-state index contributed by atoms with van der Waals surface area (Å²) in [5.74, 6) is 1.24. The maximum absolute atomic E-state index is 11.4. The van der Waals surface area contributed by atoms with Crippen LogP contribution < -0.4 is 4.74 Å². The Morgan fingerprint density at radius 1 is 1.34 bits per heavy atom. The molecule has 0 aliphatic carbocycles. The van der Waals surface area contributed by atoms with Crippen LogP contribution in [-0.4, -0.2) is 46.8 Å². The lowest BCUT2D eigenvalue weighted by atomic mass is 10.1. The maximum Gasteiger partial charge on any atom is 0.323 e. The van der Waals surface area contributed by atoms with Crippen molar-refractivity contribution in [3.8, 4) is 16.5 Å². The Morgan fingerprint density at radius 3 is 2.90 bits per heavy atom. The van der Waals surface area contributed by atoms with Gasteiger partial charge in [-0.3, -0.25) is 9.69 Å². The summed E-state index contributed by atoms with van der Waals surface area (Å²) < 4.78 is 16.9. The molecule has 1 atom stereocenters. The predicted octanol–water partition coefficient (Wildman–Crippen LogP) is 3.58. The van der Waals surface area contributed by atoms with Crippen LogP contribution in [0.15, 0.2) is 46.2 Å². The first-order valence-corrected chi connectivity index (χ1v) is 10.2. The van der Waals surface area contributed by atoms with Gasteiger partial charge in [-0.15, -0.1) is 11.3 Å². The molecule has 0 radical (unpaired) electrons. The van der Waals surface area contributed by atoms with Crippen molar-refractivity contribution >= 4 is 17.3 Å². The first-order valence-electron chi connectivity index (χ1n) is 9.36. The Labute approximate surface area is 172 Å². The summed E-state index contributed by atoms with van der Waals surface area (Å²) in [4.78, 5) is 18.8. The Hall–Kier alpha value is -2.68. The highest BCUT2D eigenvalue weighted by molar-refractivity contribution is 7.13. The van der Waals surface area contributed by atoms with Gasteiger partial charge in [-0.2, -0.15) is 0 Å². The van der Waals surface area contributed by atoms with E-state index in [1.807, 2.05) is 53.6 Å². The van der Waals surface area contributed by atoms with Crippen LogP contribution in [0.2, 0.25) is 0 Å². The van der Waals surface area contributed by atoms with Gasteiger partial charge < -0.3 is 19.0 Å². The minimum absolute atomic E-state index is 0.223. The summed E-state index contributed by atoms with van der Waals surface area (Å²) in [6.45, 7) is 4.15. The van der Waals surface area contributed by atoms with Crippen LogP contribution in [0.5, 0.6) is 5.75 Å². The number of carbonyl (C=O) groups is 1. The summed E-state index contributed by atoms with van der Waals surface area (Å²) in [6.07, 6.45) is 0. The molecule has 1 N–H and O–H groups in total. The molecular weight excluding hydrogens is 392 g/mol. The molecule has 0 unspecified atom stereocenters. The molecule has 0 spiro atoms. The number of rotatable bonds is 7. The smallest absolute Gasteiger partial charge is 0.323 e. The largest absolute Gasteiger partial charge is 0.487 e. The van der Waals surface area contributed by atoms with E-state index in [2.05, 4.69) is 4.98 Å². The maximum atomic E-state index is 11.4. The molecule has 1 saturated heterocycles. The van der Waals surface area contributed by atoms with Gasteiger partial charge in [-0.1, -0.05) is 18.2 Å². The highest BCUT2D eigenvalue weighted by atomic mass is 32.1. The number of thiophene rings is 1. The SMILES string of the molecule is Cc1oc(-c2cccs2)nc1COc1ccc(CN2CCOC[C@H]2C(=O)O)cc1. The molecule has 1 aliphatic heterocycles. The summed E-state index contributed by atoms with van der Waals surface area (Å²) in [5, 5.41) is 11.3. The number of hydrogen-bond donors (Lipinski definition) is 1. The number of aliphatic carboxylic acids is 1. The molecule has 3 aromatic rings. The van der Waals surface area contributed by atoms with E-state index < -0.39 is 12.0 Å². The fraction of sp³-hybridized carbons (Fsp3) is 0.333. The number of carboxylic acids is 1. The number of nitrogens with zero attached hydrogens (tertiary/aromatic N) is 2. The average Bonchev–Trinajstić information content (AvgIpc) is 3.38. The molecule has 0 amide bonds. The number of carboxylic acid groups (broad SMARTS) is 1. The lowest BCUT2D eigenvalue weighted by Gasteiger charge is -2.32. The van der Waals surface area contributed by atoms with Crippen LogP contribution in [0, 0.1) is 6.92 Å². The summed E-state index contributed by atoms with van der Waals surface area (Å²) >= 11 is 1.58. The molecule has 1 aliphatic rings. The third kappa shape index (κ3) is 4.67. The Bertz CT molecular complexity index is 952. The fourth-order valence-electron chi connectivity index (χ4n) is 3.20. The van der Waals surface area contributed by atoms with Crippen LogP contribution in [0.1, 0.15) is 17.0 Å². The first-order chi connectivity index (χ1) is 14.1. The van der Waals surface area contributed by atoms with Crippen molar-refractivity contribution in [2.24, 2.45) is 0 Å². The lowest BCUT2D eigenvalue weighted by Crippen LogP contribution is -2.49. The number of benzene rings is 1. The molecule has 7 nitrogen and oxygen atoms in total. The van der Waals surface area contributed by atoms with E-state index in [9.17, 15) is 9.90 Å². The summed E-state index contributed by atoms with van der Waals surface area (Å²) in [7, 11) is 0. The van der Waals surface area contributed by atoms with Crippen molar-refractivity contribution in [1.82, 2.24) is 9.88 Å². The number of aromatic nitrogens is 1. The summed E-state index contributed by atoms with van der Waals surface area (Å²) in [6, 6.07) is 11.0. The molecule has 4 rings (SSSR count). The lowest BCUT2D eigenvalue weighted by molar-refractivity contribution is -0.150. The van der Waals surface area contributed by atoms with E-state index in [0.29, 0.717) is 32.2 Å². The molecule has 1 aromatic carbocycles. The number of ether oxygens (including phenoxy) is 2. The van der Waals surface area contributed by atoms with Crippen molar-refractivity contribution in [2.75, 3.05) is 19.8 Å². The molecule has 0 bridgehead atoms. The topological polar surface area (TPSA) is 85.0 Å². The van der Waals surface area contributed by atoms with E-state index in [0.717, 1.165) is 27.6 Å². The molecule has 8 heteroatoms. The summed E-state index contributed by atoms with van der Waals surface area (Å²) in [5.41, 5.74) is 1.80. The van der Waals surface area contributed by atoms with Gasteiger partial charge in [-0.05, 0) is 36.1 Å². The highest BCUT2D eigenvalue weighted by Gasteiger charge is 2.29. The second-order valence-electron chi connectivity index (χ2n) is 6.83. The second-order valence-corrected chi connectivity index (χ2v) is 7.78. The molecule has 1 fully saturated rings. The van der Waals surface area contributed by atoms with Gasteiger partial charge in [0.1, 0.15) is 29.9 Å². The first kappa shape index (κ1) is 19.6. The van der Waals surface area contributed by atoms with Crippen molar-refractivity contribution in [2.45, 2.75) is 26.1 Å². The van der Waals surface area contributed by atoms with Gasteiger partial charge in [0.05, 0.1) is 18.1 Å². The molecule has 29 heavy (non-hydrogen) atoms. The van der Waals surface area contributed by atoms with E-state index in [4.69, 9.17) is 13.9 Å². The highest BCUT2D eigenvalue weighted by Crippen LogP contribution is 2.26. The fourth-order valence-corrected chi connectivity index (χ4v) is 3.85. The van der Waals surface area contributed by atoms with Gasteiger partial charge in [0.25, 0.3) is 0 Å². The van der Waals surface area contributed by atoms with Crippen molar-refractivity contribution in [3.63, 3.8) is 0 Å². The van der Waals surface area contributed by atoms with Gasteiger partial charge in [0, 0.05) is 13.1 Å². The Morgan fingerprint density at radius 2 is 2.17 bits per heavy atom. The normalized spacial score (nSPS) is 17.3. The van der Waals surface area contributed by atoms with Crippen LogP contribution in [0.25, 0.3) is 10.8 Å². The molecule has 0 saturated carbocycles. The van der Waals surface area contributed by atoms with E-state index >= 15 is 0 Å². The molecule has 2 aromatic heterocycles. The zero-order valence-electron chi connectivity index (χ0n) is 16.0. The van der Waals surface area contributed by atoms with E-state index in [-0.39, 0.29) is 6.61 Å². The van der Waals surface area contributed by atoms with Crippen molar-refractivity contribution < 1.29 is 23.8 Å². The number of aryl methyl sites for hydroxylation is 1. The second kappa shape index (κ2) is 8.77. The van der Waals surface area contributed by atoms with Gasteiger partial charge >= 0.3 is 5.97 Å². The van der Waals surface area contributed by atoms with Gasteiger partial charge in [-0.25, -0.2) is 4.98 Å². The van der Waals surface area contributed by atoms with E-state index in [1.165, 1.54) is 0 Å². The van der Waals surface area contributed by atoms with Crippen LogP contribution in [0.4, 0.5) is 0 Å². The van der Waals surface area contributed by atoms with Crippen LogP contribution in [-0.2, 0) is 22.7 Å². The third-order valence-electron chi connectivity index (χ3n) is 4.83. The average molecular weight is 414 g/mol. The minimum atomic E-state index is -0.852. The predicted molar refractivity (Wildman–Crippen MR) is 108 cm³/mol. The quantitative estimate of drug-likeness (QED) is 0.632. The molecular formula is C21H22N2O5S. The van der Waals surface area contributed by atoms with Gasteiger partial charge in [0.2, 0.25) is 5.89 Å². The number of morpholine rings is 1. The Kier molecular flexibility index (Phi) is 5.94. The van der Waals surface area contributed by atoms with Crippen LogP contribution >= 0.6 is 11.3 Å². The minimum Gasteiger partial charge on any atom is -0.487 e. The number of oxazole rings is 1. The Balaban J connectivity index is 1.36. The third-order valence-corrected chi connectivity index (χ3v) is 5.69. The standard InChI is InChI=1S/C21H22N2O5S/c1-14-17(22-20(28-14)19-3-2-10-29-19)12-27-16-6-4-15(5-7-16)11-23-8-9-26-13-18(23)21(24)25/h2-7,10,18H,8-9,11-13H2,1H3,(H,24,25)/t18-/m0/s1. The van der Waals surface area contributed by atoms with Gasteiger partial charge in [0.15, 0.2) is 0 Å². The molecule has 3 heterocycles. The zero-order valence-corrected chi connectivity index (χ0v) is 16.9. The van der Waals surface area contributed by atoms with Crippen molar-refractivity contribution in [3.05, 3.63) is 58.8 Å². The molecule has 152 valence electrons. The zero-order chi connectivity index (χ0) is 20.2. The monoisotopic (exact) mass is 414 g/mol. The van der Waals surface area contributed by atoms with E-state index in [1.54, 1.807) is 11.3 Å².